The molecule has 0 heterocycles. The van der Waals surface area contributed by atoms with Gasteiger partial charge in [-0.2, -0.15) is 0 Å². The summed E-state index contributed by atoms with van der Waals surface area (Å²) >= 11 is 3.83. The highest BCUT2D eigenvalue weighted by atomic mass is 79.9. The highest BCUT2D eigenvalue weighted by Gasteiger charge is 2.55. The van der Waals surface area contributed by atoms with Crippen LogP contribution < -0.4 is 0 Å². The van der Waals surface area contributed by atoms with Crippen LogP contribution in [0.2, 0.25) is 0 Å². The van der Waals surface area contributed by atoms with E-state index in [0.717, 1.165) is 17.4 Å². The van der Waals surface area contributed by atoms with Gasteiger partial charge in [-0.15, -0.1) is 0 Å². The van der Waals surface area contributed by atoms with Crippen LogP contribution in [0.4, 0.5) is 0 Å². The van der Waals surface area contributed by atoms with Crippen molar-refractivity contribution in [3.8, 4) is 0 Å². The van der Waals surface area contributed by atoms with E-state index in [1.807, 2.05) is 0 Å². The molecule has 0 amide bonds. The van der Waals surface area contributed by atoms with Gasteiger partial charge in [0.2, 0.25) is 0 Å². The average molecular weight is 259 g/mol. The van der Waals surface area contributed by atoms with E-state index in [2.05, 4.69) is 15.9 Å². The van der Waals surface area contributed by atoms with Crippen molar-refractivity contribution in [1.29, 1.82) is 0 Å². The van der Waals surface area contributed by atoms with E-state index in [1.54, 1.807) is 0 Å². The maximum Gasteiger partial charge on any atom is 0.0653 e. The maximum absolute atomic E-state index is 6.08. The lowest BCUT2D eigenvalue weighted by Gasteiger charge is -2.51. The highest BCUT2D eigenvalue weighted by molar-refractivity contribution is 9.09. The van der Waals surface area contributed by atoms with Gasteiger partial charge in [-0.1, -0.05) is 28.8 Å². The first-order chi connectivity index (χ1) is 6.81. The molecule has 3 saturated carbocycles. The number of ether oxygens (including phenoxy) is 1. The summed E-state index contributed by atoms with van der Waals surface area (Å²) in [4.78, 5) is 0.752. The van der Waals surface area contributed by atoms with Crippen molar-refractivity contribution >= 4 is 15.9 Å². The molecule has 3 aliphatic rings. The Labute approximate surface area is 94.7 Å². The first kappa shape index (κ1) is 9.65. The Kier molecular flexibility index (Phi) is 2.40. The maximum atomic E-state index is 6.08. The molecule has 2 atom stereocenters. The van der Waals surface area contributed by atoms with Gasteiger partial charge in [0.05, 0.1) is 6.10 Å². The van der Waals surface area contributed by atoms with Crippen LogP contribution in [0, 0.1) is 11.3 Å². The second kappa shape index (κ2) is 3.48. The van der Waals surface area contributed by atoms with E-state index in [-0.39, 0.29) is 0 Å². The van der Waals surface area contributed by atoms with Crippen LogP contribution in [-0.4, -0.2) is 17.5 Å². The molecule has 0 saturated heterocycles. The zero-order chi connectivity index (χ0) is 9.60. The van der Waals surface area contributed by atoms with Gasteiger partial charge in [0.15, 0.2) is 0 Å². The highest BCUT2D eigenvalue weighted by Crippen LogP contribution is 2.58. The number of alkyl halides is 1. The Bertz CT molecular complexity index is 218. The van der Waals surface area contributed by atoms with Crippen molar-refractivity contribution in [2.75, 3.05) is 6.61 Å². The summed E-state index contributed by atoms with van der Waals surface area (Å²) in [5.74, 6) is 0.919. The molecule has 0 bridgehead atoms. The lowest BCUT2D eigenvalue weighted by atomic mass is 9.64. The van der Waals surface area contributed by atoms with Crippen molar-refractivity contribution in [3.63, 3.8) is 0 Å². The fourth-order valence-corrected chi connectivity index (χ4v) is 4.23. The average Bonchev–Trinajstić information content (AvgIpc) is 2.84. The molecular formula is C12H19BrO. The molecule has 1 nitrogen and oxygen atoms in total. The van der Waals surface area contributed by atoms with Gasteiger partial charge in [0, 0.05) is 16.8 Å². The van der Waals surface area contributed by atoms with Gasteiger partial charge in [-0.25, -0.2) is 0 Å². The Morgan fingerprint density at radius 1 is 1.21 bits per heavy atom. The van der Waals surface area contributed by atoms with Gasteiger partial charge < -0.3 is 4.74 Å². The quantitative estimate of drug-likeness (QED) is 0.705. The van der Waals surface area contributed by atoms with E-state index in [9.17, 15) is 0 Å². The molecule has 3 fully saturated rings. The fraction of sp³-hybridized carbons (Fsp3) is 1.00. The minimum absolute atomic E-state index is 0.550. The molecule has 3 rings (SSSR count). The summed E-state index contributed by atoms with van der Waals surface area (Å²) < 4.78 is 6.08. The molecule has 0 aromatic heterocycles. The lowest BCUT2D eigenvalue weighted by Crippen LogP contribution is -2.54. The number of rotatable bonds is 3. The molecule has 80 valence electrons. The smallest absolute Gasteiger partial charge is 0.0653 e. The molecule has 0 N–H and O–H groups in total. The molecule has 0 aromatic carbocycles. The number of hydrogen-bond donors (Lipinski definition) is 0. The van der Waals surface area contributed by atoms with Crippen molar-refractivity contribution in [1.82, 2.24) is 0 Å². The normalized spacial score (nSPS) is 40.1. The Balaban J connectivity index is 1.57. The third-order valence-corrected chi connectivity index (χ3v) is 5.74. The summed E-state index contributed by atoms with van der Waals surface area (Å²) in [6, 6.07) is 0. The van der Waals surface area contributed by atoms with Crippen molar-refractivity contribution in [2.45, 2.75) is 55.9 Å². The van der Waals surface area contributed by atoms with Gasteiger partial charge >= 0.3 is 0 Å². The minimum atomic E-state index is 0.550. The molecule has 2 heteroatoms. The van der Waals surface area contributed by atoms with Gasteiger partial charge in [0.1, 0.15) is 0 Å². The van der Waals surface area contributed by atoms with Crippen molar-refractivity contribution in [2.24, 2.45) is 11.3 Å². The Morgan fingerprint density at radius 3 is 2.50 bits per heavy atom. The number of halogens is 1. The zero-order valence-electron chi connectivity index (χ0n) is 8.68. The lowest BCUT2D eigenvalue weighted by molar-refractivity contribution is -0.103. The molecule has 3 aliphatic carbocycles. The van der Waals surface area contributed by atoms with Gasteiger partial charge in [0.25, 0.3) is 0 Å². The summed E-state index contributed by atoms with van der Waals surface area (Å²) in [5, 5.41) is 0. The summed E-state index contributed by atoms with van der Waals surface area (Å²) in [7, 11) is 0. The van der Waals surface area contributed by atoms with Crippen LogP contribution in [0.25, 0.3) is 0 Å². The Hall–Kier alpha value is 0.440. The van der Waals surface area contributed by atoms with Crippen molar-refractivity contribution < 1.29 is 4.74 Å². The molecule has 2 unspecified atom stereocenters. The fourth-order valence-electron chi connectivity index (χ4n) is 3.14. The third-order valence-electron chi connectivity index (χ3n) is 4.45. The van der Waals surface area contributed by atoms with Crippen LogP contribution in [0.3, 0.4) is 0 Å². The van der Waals surface area contributed by atoms with Gasteiger partial charge in [-0.05, 0) is 38.0 Å². The molecule has 0 aromatic rings. The summed E-state index contributed by atoms with van der Waals surface area (Å²) in [6.45, 7) is 1.05. The Morgan fingerprint density at radius 2 is 1.93 bits per heavy atom. The largest absolute Gasteiger partial charge is 0.377 e. The number of hydrogen-bond acceptors (Lipinski definition) is 1. The van der Waals surface area contributed by atoms with E-state index >= 15 is 0 Å². The second-order valence-electron chi connectivity index (χ2n) is 5.41. The molecule has 1 spiro atoms. The molecule has 0 aliphatic heterocycles. The van der Waals surface area contributed by atoms with E-state index < -0.39 is 0 Å². The predicted molar refractivity (Wildman–Crippen MR) is 60.7 cm³/mol. The monoisotopic (exact) mass is 258 g/mol. The van der Waals surface area contributed by atoms with E-state index in [1.165, 1.54) is 44.9 Å². The molecule has 14 heavy (non-hydrogen) atoms. The van der Waals surface area contributed by atoms with Crippen LogP contribution >= 0.6 is 15.9 Å². The molecule has 0 radical (unpaired) electrons. The van der Waals surface area contributed by atoms with E-state index in [4.69, 9.17) is 4.74 Å². The van der Waals surface area contributed by atoms with Gasteiger partial charge in [-0.3, -0.25) is 0 Å². The third kappa shape index (κ3) is 1.46. The van der Waals surface area contributed by atoms with Crippen LogP contribution in [0.15, 0.2) is 0 Å². The van der Waals surface area contributed by atoms with Crippen LogP contribution in [0.5, 0.6) is 0 Å². The first-order valence-corrected chi connectivity index (χ1v) is 6.98. The SMILES string of the molecule is BrC1CC(OCC2CC2)C12CCCC2. The van der Waals surface area contributed by atoms with Crippen LogP contribution in [0.1, 0.15) is 44.9 Å². The molecular weight excluding hydrogens is 240 g/mol. The first-order valence-electron chi connectivity index (χ1n) is 6.07. The summed E-state index contributed by atoms with van der Waals surface area (Å²) in [6.07, 6.45) is 10.3. The predicted octanol–water partition coefficient (Wildman–Crippen LogP) is 3.51. The summed E-state index contributed by atoms with van der Waals surface area (Å²) in [5.41, 5.74) is 0.550. The minimum Gasteiger partial charge on any atom is -0.377 e. The zero-order valence-corrected chi connectivity index (χ0v) is 10.3. The van der Waals surface area contributed by atoms with Crippen LogP contribution in [-0.2, 0) is 4.74 Å². The van der Waals surface area contributed by atoms with Crippen molar-refractivity contribution in [3.05, 3.63) is 0 Å². The topological polar surface area (TPSA) is 9.23 Å². The second-order valence-corrected chi connectivity index (χ2v) is 6.51. The van der Waals surface area contributed by atoms with E-state index in [0.29, 0.717) is 11.5 Å². The standard InChI is InChI=1S/C12H19BrO/c13-10-7-11(14-8-9-3-4-9)12(10)5-1-2-6-12/h9-11H,1-8H2.